The van der Waals surface area contributed by atoms with E-state index in [4.69, 9.17) is 23.2 Å². The molecule has 0 atom stereocenters. The van der Waals surface area contributed by atoms with E-state index >= 15 is 0 Å². The van der Waals surface area contributed by atoms with E-state index in [2.05, 4.69) is 51.2 Å². The summed E-state index contributed by atoms with van der Waals surface area (Å²) in [5.74, 6) is -0.623. The van der Waals surface area contributed by atoms with Gasteiger partial charge in [-0.25, -0.2) is 0 Å². The summed E-state index contributed by atoms with van der Waals surface area (Å²) in [5.41, 5.74) is 0.419. The third-order valence-electron chi connectivity index (χ3n) is 7.57. The van der Waals surface area contributed by atoms with E-state index < -0.39 is 50.3 Å². The van der Waals surface area contributed by atoms with Crippen LogP contribution in [0, 0.1) is 0 Å². The highest BCUT2D eigenvalue weighted by molar-refractivity contribution is 7.86. The Morgan fingerprint density at radius 1 is 0.400 bits per heavy atom. The van der Waals surface area contributed by atoms with Crippen molar-refractivity contribution in [1.29, 1.82) is 0 Å². The highest BCUT2D eigenvalue weighted by Gasteiger charge is 2.19. The molecule has 0 amide bonds. The second-order valence-electron chi connectivity index (χ2n) is 11.8. The number of benzene rings is 4. The van der Waals surface area contributed by atoms with Gasteiger partial charge in [-0.2, -0.15) is 63.6 Å². The minimum absolute atomic E-state index is 0.0337. The zero-order valence-corrected chi connectivity index (χ0v) is 34.1. The standard InChI is InChI=1S/C32H24Cl2N10O12S4/c33-27-39-29(35-19-7-11-23(12-8-19)57(45,46)47)43-31(41-27)37-21-5-3-17(25(15-21)59(51,52)53)1-2-18-4-6-22(16-26(18)60(54,55)56)38-32-42-28(34)40-30(44-32)36-20-9-13-24(14-10-20)58(48,49)50/h1-16H,(H,45,46,47)(H,48,49,50)(H,51,52,53)(H,54,55,56)(H2,35,37,39,41,43)(H2,36,38,40,42,44). The van der Waals surface area contributed by atoms with Gasteiger partial charge in [0.1, 0.15) is 9.79 Å². The SMILES string of the molecule is O=S(=O)(O)c1ccc(Nc2nc(Cl)nc(Nc3ccc(C=Cc4ccc(Nc5nc(Cl)nc(Nc6ccc(S(=O)(=O)O)cc6)n5)cc4S(=O)(=O)O)c(S(=O)(=O)O)c3)n2)cc1. The first-order valence-electron chi connectivity index (χ1n) is 16.0. The van der Waals surface area contributed by atoms with Gasteiger partial charge in [0.15, 0.2) is 0 Å². The quantitative estimate of drug-likeness (QED) is 0.0494. The molecule has 4 aromatic carbocycles. The van der Waals surface area contributed by atoms with Gasteiger partial charge in [0.2, 0.25) is 34.4 Å². The maximum atomic E-state index is 12.5. The Morgan fingerprint density at radius 2 is 0.683 bits per heavy atom. The summed E-state index contributed by atoms with van der Waals surface area (Å²) < 4.78 is 134. The summed E-state index contributed by atoms with van der Waals surface area (Å²) in [6, 6.07) is 17.0. The molecule has 0 bridgehead atoms. The topological polar surface area (TPSA) is 343 Å². The van der Waals surface area contributed by atoms with E-state index in [-0.39, 0.29) is 66.7 Å². The molecular formula is C32H24Cl2N10O12S4. The van der Waals surface area contributed by atoms with E-state index in [0.29, 0.717) is 11.4 Å². The van der Waals surface area contributed by atoms with Crippen LogP contribution in [0.3, 0.4) is 0 Å². The third kappa shape index (κ3) is 11.4. The molecule has 0 spiro atoms. The van der Waals surface area contributed by atoms with Crippen LogP contribution in [0.4, 0.5) is 46.5 Å². The molecule has 0 aliphatic rings. The minimum Gasteiger partial charge on any atom is -0.324 e. The minimum atomic E-state index is -4.93. The van der Waals surface area contributed by atoms with Crippen molar-refractivity contribution in [3.05, 3.63) is 107 Å². The van der Waals surface area contributed by atoms with Gasteiger partial charge in [0.25, 0.3) is 40.5 Å². The van der Waals surface area contributed by atoms with Crippen molar-refractivity contribution in [2.45, 2.75) is 19.6 Å². The lowest BCUT2D eigenvalue weighted by Gasteiger charge is -2.11. The van der Waals surface area contributed by atoms with Crippen LogP contribution in [-0.4, -0.2) is 81.8 Å². The van der Waals surface area contributed by atoms with Gasteiger partial charge >= 0.3 is 0 Å². The molecule has 0 saturated heterocycles. The molecule has 0 saturated carbocycles. The van der Waals surface area contributed by atoms with Crippen molar-refractivity contribution in [3.63, 3.8) is 0 Å². The monoisotopic (exact) mass is 938 g/mol. The predicted octanol–water partition coefficient (Wildman–Crippen LogP) is 5.50. The van der Waals surface area contributed by atoms with Crippen LogP contribution >= 0.6 is 23.2 Å². The molecule has 8 N–H and O–H groups in total. The number of halogens is 2. The van der Waals surface area contributed by atoms with Crippen LogP contribution in [-0.2, 0) is 40.5 Å². The highest BCUT2D eigenvalue weighted by atomic mass is 35.5. The number of nitrogens with one attached hydrogen (secondary N) is 4. The Kier molecular flexibility index (Phi) is 12.3. The molecule has 0 aliphatic heterocycles. The van der Waals surface area contributed by atoms with Gasteiger partial charge in [-0.3, -0.25) is 18.2 Å². The van der Waals surface area contributed by atoms with Gasteiger partial charge in [0, 0.05) is 22.7 Å². The summed E-state index contributed by atoms with van der Waals surface area (Å²) in [5, 5.41) is 10.4. The Hall–Kier alpha value is -5.94. The Bertz CT molecular complexity index is 2920. The smallest absolute Gasteiger partial charge is 0.295 e. The number of aromatic nitrogens is 6. The number of hydrogen-bond acceptors (Lipinski definition) is 18. The number of nitrogens with zero attached hydrogens (tertiary/aromatic N) is 6. The third-order valence-corrected chi connectivity index (χ3v) is 11.5. The Morgan fingerprint density at radius 3 is 0.967 bits per heavy atom. The number of rotatable bonds is 14. The van der Waals surface area contributed by atoms with Crippen LogP contribution in [0.25, 0.3) is 12.2 Å². The summed E-state index contributed by atoms with van der Waals surface area (Å²) in [6.45, 7) is 0. The maximum Gasteiger partial charge on any atom is 0.295 e. The van der Waals surface area contributed by atoms with E-state index in [1.807, 2.05) is 0 Å². The van der Waals surface area contributed by atoms with E-state index in [9.17, 15) is 51.9 Å². The summed E-state index contributed by atoms with van der Waals surface area (Å²) >= 11 is 12.1. The first kappa shape index (κ1) is 43.6. The summed E-state index contributed by atoms with van der Waals surface area (Å²) in [7, 11) is -18.7. The first-order valence-corrected chi connectivity index (χ1v) is 22.5. The van der Waals surface area contributed by atoms with Crippen molar-refractivity contribution in [2.24, 2.45) is 0 Å². The van der Waals surface area contributed by atoms with Crippen LogP contribution in [0.15, 0.2) is 105 Å². The van der Waals surface area contributed by atoms with Crippen LogP contribution < -0.4 is 21.3 Å². The van der Waals surface area contributed by atoms with Crippen molar-refractivity contribution < 1.29 is 51.9 Å². The lowest BCUT2D eigenvalue weighted by atomic mass is 10.1. The van der Waals surface area contributed by atoms with Gasteiger partial charge in [-0.1, -0.05) is 24.3 Å². The first-order chi connectivity index (χ1) is 28.0. The van der Waals surface area contributed by atoms with Gasteiger partial charge in [-0.15, -0.1) is 0 Å². The van der Waals surface area contributed by atoms with Crippen molar-refractivity contribution in [1.82, 2.24) is 29.9 Å². The fraction of sp³-hybridized carbons (Fsp3) is 0. The fourth-order valence-electron chi connectivity index (χ4n) is 4.99. The molecule has 0 unspecified atom stereocenters. The molecule has 28 heteroatoms. The zero-order valence-electron chi connectivity index (χ0n) is 29.4. The second kappa shape index (κ2) is 17.0. The van der Waals surface area contributed by atoms with Crippen molar-refractivity contribution >= 4 is 122 Å². The van der Waals surface area contributed by atoms with E-state index in [1.54, 1.807) is 0 Å². The van der Waals surface area contributed by atoms with E-state index in [1.165, 1.54) is 48.5 Å². The molecule has 2 heterocycles. The fourth-order valence-corrected chi connectivity index (χ4v) is 7.69. The summed E-state index contributed by atoms with van der Waals surface area (Å²) in [4.78, 5) is 22.0. The zero-order chi connectivity index (χ0) is 43.6. The molecule has 0 aliphatic carbocycles. The molecular weight excluding hydrogens is 916 g/mol. The molecule has 60 heavy (non-hydrogen) atoms. The average molecular weight is 940 g/mol. The van der Waals surface area contributed by atoms with E-state index in [0.717, 1.165) is 48.6 Å². The molecule has 22 nitrogen and oxygen atoms in total. The van der Waals surface area contributed by atoms with Gasteiger partial charge in [-0.05, 0) is 107 Å². The largest absolute Gasteiger partial charge is 0.324 e. The molecule has 312 valence electrons. The lowest BCUT2D eigenvalue weighted by Crippen LogP contribution is -2.06. The summed E-state index contributed by atoms with van der Waals surface area (Å²) in [6.07, 6.45) is 2.32. The average Bonchev–Trinajstić information content (AvgIpc) is 3.13. The maximum absolute atomic E-state index is 12.5. The molecule has 0 fully saturated rings. The van der Waals surface area contributed by atoms with Crippen LogP contribution in [0.1, 0.15) is 11.1 Å². The highest BCUT2D eigenvalue weighted by Crippen LogP contribution is 2.29. The predicted molar refractivity (Wildman–Crippen MR) is 217 cm³/mol. The van der Waals surface area contributed by atoms with Crippen LogP contribution in [0.5, 0.6) is 0 Å². The molecule has 6 aromatic rings. The second-order valence-corrected chi connectivity index (χ2v) is 18.1. The van der Waals surface area contributed by atoms with Gasteiger partial charge in [0.05, 0.1) is 9.79 Å². The van der Waals surface area contributed by atoms with Crippen LogP contribution in [0.2, 0.25) is 10.6 Å². The van der Waals surface area contributed by atoms with Crippen molar-refractivity contribution in [3.8, 4) is 0 Å². The molecule has 0 radical (unpaired) electrons. The Labute approximate surface area is 349 Å². The number of anilines is 8. The normalized spacial score (nSPS) is 12.3. The van der Waals surface area contributed by atoms with Gasteiger partial charge < -0.3 is 21.3 Å². The Balaban J connectivity index is 1.22. The molecule has 2 aromatic heterocycles. The van der Waals surface area contributed by atoms with Crippen molar-refractivity contribution in [2.75, 3.05) is 21.3 Å². The lowest BCUT2D eigenvalue weighted by molar-refractivity contribution is 0.480. The number of hydrogen-bond donors (Lipinski definition) is 8. The molecule has 6 rings (SSSR count).